The first-order valence-corrected chi connectivity index (χ1v) is 6.10. The molecule has 0 aliphatic heterocycles. The van der Waals surface area contributed by atoms with Gasteiger partial charge in [-0.3, -0.25) is 9.69 Å². The maximum atomic E-state index is 12.1. The summed E-state index contributed by atoms with van der Waals surface area (Å²) in [7, 11) is 1.53. The standard InChI is InChI=1S/C14H20N2O/c1-11(2)9-13(14(17)16(3)10-15)12-7-5-4-6-8-12/h5,7-8,11,13H,4,6,9H2,1-3H3. The molecule has 0 aromatic heterocycles. The molecule has 1 atom stereocenters. The molecule has 0 bridgehead atoms. The number of hydrogen-bond acceptors (Lipinski definition) is 2. The third-order valence-corrected chi connectivity index (χ3v) is 2.91. The predicted octanol–water partition coefficient (Wildman–Crippen LogP) is 2.86. The van der Waals surface area contributed by atoms with E-state index in [0.29, 0.717) is 5.92 Å². The smallest absolute Gasteiger partial charge is 0.242 e. The van der Waals surface area contributed by atoms with Crippen molar-refractivity contribution in [3.8, 4) is 6.19 Å². The van der Waals surface area contributed by atoms with Gasteiger partial charge in [-0.2, -0.15) is 5.26 Å². The summed E-state index contributed by atoms with van der Waals surface area (Å²) >= 11 is 0. The number of amides is 1. The van der Waals surface area contributed by atoms with Crippen LogP contribution in [0.3, 0.4) is 0 Å². The normalized spacial score (nSPS) is 16.3. The van der Waals surface area contributed by atoms with E-state index in [1.165, 1.54) is 7.05 Å². The fraction of sp³-hybridized carbons (Fsp3) is 0.571. The van der Waals surface area contributed by atoms with Crippen LogP contribution in [-0.4, -0.2) is 17.9 Å². The Morgan fingerprint density at radius 2 is 2.24 bits per heavy atom. The van der Waals surface area contributed by atoms with Crippen molar-refractivity contribution >= 4 is 5.91 Å². The summed E-state index contributed by atoms with van der Waals surface area (Å²) < 4.78 is 0. The molecule has 0 N–H and O–H groups in total. The minimum atomic E-state index is -0.170. The maximum absolute atomic E-state index is 12.1. The molecule has 1 unspecified atom stereocenters. The number of nitriles is 1. The van der Waals surface area contributed by atoms with Crippen molar-refractivity contribution in [2.75, 3.05) is 7.05 Å². The van der Waals surface area contributed by atoms with E-state index in [1.807, 2.05) is 12.3 Å². The lowest BCUT2D eigenvalue weighted by atomic mass is 9.86. The second-order valence-electron chi connectivity index (χ2n) is 4.86. The number of hydrogen-bond donors (Lipinski definition) is 0. The van der Waals surface area contributed by atoms with Gasteiger partial charge in [0.15, 0.2) is 6.19 Å². The largest absolute Gasteiger partial charge is 0.273 e. The lowest BCUT2D eigenvalue weighted by Crippen LogP contribution is -2.31. The summed E-state index contributed by atoms with van der Waals surface area (Å²) in [5.74, 6) is 0.169. The molecule has 0 heterocycles. The Balaban J connectivity index is 2.88. The molecule has 1 amide bonds. The van der Waals surface area contributed by atoms with Crippen molar-refractivity contribution < 1.29 is 4.79 Å². The zero-order chi connectivity index (χ0) is 12.8. The Morgan fingerprint density at radius 3 is 2.71 bits per heavy atom. The summed E-state index contributed by atoms with van der Waals surface area (Å²) in [5, 5.41) is 8.80. The molecule has 1 rings (SSSR count). The van der Waals surface area contributed by atoms with Crippen LogP contribution in [0, 0.1) is 23.3 Å². The second kappa shape index (κ2) is 6.24. The van der Waals surface area contributed by atoms with Crippen LogP contribution >= 0.6 is 0 Å². The van der Waals surface area contributed by atoms with E-state index in [4.69, 9.17) is 5.26 Å². The third-order valence-electron chi connectivity index (χ3n) is 2.91. The SMILES string of the molecule is CC(C)CC(C(=O)N(C)C#N)C1=CCCC=C1. The topological polar surface area (TPSA) is 44.1 Å². The highest BCUT2D eigenvalue weighted by Gasteiger charge is 2.26. The molecular formula is C14H20N2O. The summed E-state index contributed by atoms with van der Waals surface area (Å²) in [5.41, 5.74) is 1.07. The van der Waals surface area contributed by atoms with E-state index in [9.17, 15) is 4.79 Å². The van der Waals surface area contributed by atoms with Crippen LogP contribution < -0.4 is 0 Å². The zero-order valence-electron chi connectivity index (χ0n) is 10.8. The Bertz CT molecular complexity index is 374. The van der Waals surface area contributed by atoms with Crippen LogP contribution in [0.25, 0.3) is 0 Å². The van der Waals surface area contributed by atoms with Gasteiger partial charge in [-0.15, -0.1) is 0 Å². The first-order valence-electron chi connectivity index (χ1n) is 6.10. The highest BCUT2D eigenvalue weighted by molar-refractivity contribution is 5.83. The predicted molar refractivity (Wildman–Crippen MR) is 67.8 cm³/mol. The molecular weight excluding hydrogens is 212 g/mol. The van der Waals surface area contributed by atoms with E-state index < -0.39 is 0 Å². The molecule has 1 aliphatic carbocycles. The van der Waals surface area contributed by atoms with Crippen molar-refractivity contribution in [3.05, 3.63) is 23.8 Å². The second-order valence-corrected chi connectivity index (χ2v) is 4.86. The Hall–Kier alpha value is -1.56. The van der Waals surface area contributed by atoms with Crippen LogP contribution in [0.1, 0.15) is 33.1 Å². The molecule has 0 fully saturated rings. The maximum Gasteiger partial charge on any atom is 0.242 e. The van der Waals surface area contributed by atoms with E-state index in [2.05, 4.69) is 26.0 Å². The van der Waals surface area contributed by atoms with Gasteiger partial charge in [-0.25, -0.2) is 0 Å². The third kappa shape index (κ3) is 3.74. The van der Waals surface area contributed by atoms with Gasteiger partial charge in [-0.05, 0) is 30.8 Å². The van der Waals surface area contributed by atoms with E-state index in [0.717, 1.165) is 29.7 Å². The molecule has 0 aromatic carbocycles. The van der Waals surface area contributed by atoms with E-state index >= 15 is 0 Å². The summed E-state index contributed by atoms with van der Waals surface area (Å²) in [6, 6.07) is 0. The van der Waals surface area contributed by atoms with Gasteiger partial charge in [0, 0.05) is 7.05 Å². The highest BCUT2D eigenvalue weighted by Crippen LogP contribution is 2.26. The number of carbonyl (C=O) groups is 1. The van der Waals surface area contributed by atoms with Crippen LogP contribution in [-0.2, 0) is 4.79 Å². The quantitative estimate of drug-likeness (QED) is 0.552. The molecule has 0 spiro atoms. The number of nitrogens with zero attached hydrogens (tertiary/aromatic N) is 2. The minimum absolute atomic E-state index is 0.0981. The summed E-state index contributed by atoms with van der Waals surface area (Å²) in [6.45, 7) is 4.19. The molecule has 3 nitrogen and oxygen atoms in total. The molecule has 0 radical (unpaired) electrons. The molecule has 92 valence electrons. The Labute approximate surface area is 103 Å². The van der Waals surface area contributed by atoms with Gasteiger partial charge in [0.2, 0.25) is 5.91 Å². The summed E-state index contributed by atoms with van der Waals surface area (Å²) in [4.78, 5) is 13.3. The van der Waals surface area contributed by atoms with Gasteiger partial charge in [0.1, 0.15) is 0 Å². The molecule has 0 saturated carbocycles. The first kappa shape index (κ1) is 13.5. The molecule has 1 aliphatic rings. The van der Waals surface area contributed by atoms with Gasteiger partial charge >= 0.3 is 0 Å². The monoisotopic (exact) mass is 232 g/mol. The average Bonchev–Trinajstić information content (AvgIpc) is 2.35. The van der Waals surface area contributed by atoms with Crippen LogP contribution in [0.4, 0.5) is 0 Å². The lowest BCUT2D eigenvalue weighted by molar-refractivity contribution is -0.130. The zero-order valence-corrected chi connectivity index (χ0v) is 10.8. The lowest BCUT2D eigenvalue weighted by Gasteiger charge is -2.22. The van der Waals surface area contributed by atoms with Crippen molar-refractivity contribution in [1.82, 2.24) is 4.90 Å². The fourth-order valence-electron chi connectivity index (χ4n) is 2.03. The Morgan fingerprint density at radius 1 is 1.53 bits per heavy atom. The average molecular weight is 232 g/mol. The highest BCUT2D eigenvalue weighted by atomic mass is 16.2. The van der Waals surface area contributed by atoms with Crippen molar-refractivity contribution in [3.63, 3.8) is 0 Å². The van der Waals surface area contributed by atoms with E-state index in [-0.39, 0.29) is 11.8 Å². The fourth-order valence-corrected chi connectivity index (χ4v) is 2.03. The van der Waals surface area contributed by atoms with E-state index in [1.54, 1.807) is 0 Å². The number of carbonyl (C=O) groups excluding carboxylic acids is 1. The number of rotatable bonds is 4. The first-order chi connectivity index (χ1) is 8.06. The van der Waals surface area contributed by atoms with Crippen molar-refractivity contribution in [2.24, 2.45) is 11.8 Å². The molecule has 0 aromatic rings. The molecule has 3 heteroatoms. The Kier molecular flexibility index (Phi) is 4.96. The van der Waals surface area contributed by atoms with Gasteiger partial charge < -0.3 is 0 Å². The van der Waals surface area contributed by atoms with Gasteiger partial charge in [-0.1, -0.05) is 32.1 Å². The van der Waals surface area contributed by atoms with Crippen molar-refractivity contribution in [2.45, 2.75) is 33.1 Å². The van der Waals surface area contributed by atoms with Gasteiger partial charge in [0.05, 0.1) is 5.92 Å². The van der Waals surface area contributed by atoms with Crippen LogP contribution in [0.5, 0.6) is 0 Å². The van der Waals surface area contributed by atoms with Crippen LogP contribution in [0.15, 0.2) is 23.8 Å². The van der Waals surface area contributed by atoms with Crippen molar-refractivity contribution in [1.29, 1.82) is 5.26 Å². The van der Waals surface area contributed by atoms with Gasteiger partial charge in [0.25, 0.3) is 0 Å². The van der Waals surface area contributed by atoms with Crippen LogP contribution in [0.2, 0.25) is 0 Å². The molecule has 17 heavy (non-hydrogen) atoms. The minimum Gasteiger partial charge on any atom is -0.273 e. The summed E-state index contributed by atoms with van der Waals surface area (Å²) in [6.07, 6.45) is 11.0. The number of allylic oxidation sites excluding steroid dienone is 3. The molecule has 0 saturated heterocycles.